The number of anilines is 1. The molecular weight excluding hydrogens is 266 g/mol. The minimum Gasteiger partial charge on any atom is -0.481 e. The van der Waals surface area contributed by atoms with Crippen LogP contribution in [0.3, 0.4) is 0 Å². The lowest BCUT2D eigenvalue weighted by Crippen LogP contribution is -2.39. The number of carboxylic acids is 1. The molecule has 1 unspecified atom stereocenters. The van der Waals surface area contributed by atoms with E-state index in [1.54, 1.807) is 0 Å². The summed E-state index contributed by atoms with van der Waals surface area (Å²) < 4.78 is 5.73. The molecule has 5 heteroatoms. The zero-order valence-corrected chi connectivity index (χ0v) is 11.4. The highest BCUT2D eigenvalue weighted by atomic mass is 35.5. The Kier molecular flexibility index (Phi) is 3.15. The number of hydrogen-bond acceptors (Lipinski definition) is 3. The van der Waals surface area contributed by atoms with Crippen LogP contribution in [0.4, 0.5) is 5.69 Å². The van der Waals surface area contributed by atoms with Crippen molar-refractivity contribution in [3.8, 4) is 0 Å². The fourth-order valence-electron chi connectivity index (χ4n) is 3.11. The van der Waals surface area contributed by atoms with Crippen molar-refractivity contribution in [3.63, 3.8) is 0 Å². The van der Waals surface area contributed by atoms with Crippen LogP contribution in [0.5, 0.6) is 0 Å². The van der Waals surface area contributed by atoms with Gasteiger partial charge in [-0.15, -0.1) is 0 Å². The van der Waals surface area contributed by atoms with Crippen molar-refractivity contribution in [3.05, 3.63) is 28.8 Å². The first kappa shape index (κ1) is 12.8. The topological polar surface area (TPSA) is 58.6 Å². The van der Waals surface area contributed by atoms with Gasteiger partial charge in [0.15, 0.2) is 0 Å². The third-order valence-corrected chi connectivity index (χ3v) is 4.26. The minimum absolute atomic E-state index is 0.0692. The van der Waals surface area contributed by atoms with Gasteiger partial charge in [0.1, 0.15) is 0 Å². The molecule has 2 aliphatic heterocycles. The van der Waals surface area contributed by atoms with Crippen LogP contribution in [0.1, 0.15) is 18.4 Å². The maximum Gasteiger partial charge on any atom is 0.309 e. The molecule has 0 amide bonds. The Hall–Kier alpha value is -1.26. The molecule has 2 heterocycles. The summed E-state index contributed by atoms with van der Waals surface area (Å²) in [6.45, 7) is 1.98. The zero-order chi connectivity index (χ0) is 13.6. The molecule has 2 bridgehead atoms. The second-order valence-electron chi connectivity index (χ2n) is 5.35. The van der Waals surface area contributed by atoms with Crippen LogP contribution in [0, 0.1) is 12.8 Å². The summed E-state index contributed by atoms with van der Waals surface area (Å²) in [5.41, 5.74) is 2.05. The van der Waals surface area contributed by atoms with Gasteiger partial charge in [-0.05, 0) is 43.5 Å². The van der Waals surface area contributed by atoms with Crippen LogP contribution < -0.4 is 5.32 Å². The molecule has 2 fully saturated rings. The highest BCUT2D eigenvalue weighted by molar-refractivity contribution is 6.30. The van der Waals surface area contributed by atoms with Gasteiger partial charge in [-0.2, -0.15) is 0 Å². The lowest BCUT2D eigenvalue weighted by Gasteiger charge is -2.26. The number of hydrogen-bond donors (Lipinski definition) is 2. The number of halogens is 1. The van der Waals surface area contributed by atoms with Gasteiger partial charge < -0.3 is 15.2 Å². The standard InChI is InChI=1S/C14H16ClNO3/c1-7-4-8(15)2-3-11(7)16-12-6-9-5-10(14(17)18)13(12)19-9/h2-4,9-10,12-13,16H,5-6H2,1H3,(H,17,18)/t9-,10-,12?,13+/m0/s1. The first-order valence-electron chi connectivity index (χ1n) is 6.45. The van der Waals surface area contributed by atoms with Gasteiger partial charge in [0.25, 0.3) is 0 Å². The second-order valence-corrected chi connectivity index (χ2v) is 5.79. The maximum atomic E-state index is 11.2. The molecule has 4 atom stereocenters. The average Bonchev–Trinajstić information content (AvgIpc) is 2.92. The predicted octanol–water partition coefficient (Wildman–Crippen LogP) is 2.69. The first-order valence-corrected chi connectivity index (χ1v) is 6.83. The van der Waals surface area contributed by atoms with Crippen LogP contribution in [0.15, 0.2) is 18.2 Å². The Morgan fingerprint density at radius 3 is 2.89 bits per heavy atom. The van der Waals surface area contributed by atoms with E-state index in [1.165, 1.54) is 0 Å². The van der Waals surface area contributed by atoms with Crippen molar-refractivity contribution < 1.29 is 14.6 Å². The van der Waals surface area contributed by atoms with E-state index in [2.05, 4.69) is 5.32 Å². The lowest BCUT2D eigenvalue weighted by molar-refractivity contribution is -0.143. The molecule has 2 saturated heterocycles. The summed E-state index contributed by atoms with van der Waals surface area (Å²) in [4.78, 5) is 11.2. The quantitative estimate of drug-likeness (QED) is 0.894. The van der Waals surface area contributed by atoms with Crippen molar-refractivity contribution >= 4 is 23.3 Å². The molecule has 1 aromatic carbocycles. The number of aryl methyl sites for hydroxylation is 1. The van der Waals surface area contributed by atoms with Gasteiger partial charge in [-0.3, -0.25) is 4.79 Å². The summed E-state index contributed by atoms with van der Waals surface area (Å²) in [6, 6.07) is 5.73. The molecule has 102 valence electrons. The van der Waals surface area contributed by atoms with E-state index in [4.69, 9.17) is 16.3 Å². The average molecular weight is 282 g/mol. The Balaban J connectivity index is 1.76. The summed E-state index contributed by atoms with van der Waals surface area (Å²) in [5.74, 6) is -1.14. The van der Waals surface area contributed by atoms with Crippen molar-refractivity contribution in [2.24, 2.45) is 5.92 Å². The highest BCUT2D eigenvalue weighted by Gasteiger charge is 2.50. The van der Waals surface area contributed by atoms with Crippen molar-refractivity contribution in [2.75, 3.05) is 5.32 Å². The number of nitrogens with one attached hydrogen (secondary N) is 1. The number of benzene rings is 1. The van der Waals surface area contributed by atoms with Crippen molar-refractivity contribution in [1.29, 1.82) is 0 Å². The Labute approximate surface area is 116 Å². The van der Waals surface area contributed by atoms with Crippen LogP contribution in [-0.4, -0.2) is 29.3 Å². The molecule has 0 radical (unpaired) electrons. The van der Waals surface area contributed by atoms with Crippen LogP contribution in [-0.2, 0) is 9.53 Å². The van der Waals surface area contributed by atoms with Crippen LogP contribution >= 0.6 is 11.6 Å². The number of ether oxygens (including phenoxy) is 1. The summed E-state index contributed by atoms with van der Waals surface area (Å²) in [6.07, 6.45) is 1.36. The molecule has 2 N–H and O–H groups in total. The monoisotopic (exact) mass is 281 g/mol. The van der Waals surface area contributed by atoms with E-state index in [0.29, 0.717) is 11.4 Å². The zero-order valence-electron chi connectivity index (χ0n) is 10.6. The minimum atomic E-state index is -0.758. The second kappa shape index (κ2) is 4.69. The molecule has 1 aromatic rings. The van der Waals surface area contributed by atoms with Crippen LogP contribution in [0.25, 0.3) is 0 Å². The number of carbonyl (C=O) groups is 1. The van der Waals surface area contributed by atoms with Gasteiger partial charge in [0, 0.05) is 10.7 Å². The maximum absolute atomic E-state index is 11.2. The van der Waals surface area contributed by atoms with E-state index >= 15 is 0 Å². The van der Waals surface area contributed by atoms with Crippen molar-refractivity contribution in [2.45, 2.75) is 38.0 Å². The molecule has 19 heavy (non-hydrogen) atoms. The van der Waals surface area contributed by atoms with E-state index in [0.717, 1.165) is 17.7 Å². The van der Waals surface area contributed by atoms with Crippen molar-refractivity contribution in [1.82, 2.24) is 0 Å². The van der Waals surface area contributed by atoms with E-state index < -0.39 is 5.97 Å². The normalized spacial score (nSPS) is 32.5. The molecule has 4 nitrogen and oxygen atoms in total. The fraction of sp³-hybridized carbons (Fsp3) is 0.500. The van der Waals surface area contributed by atoms with E-state index in [-0.39, 0.29) is 24.2 Å². The van der Waals surface area contributed by atoms with Gasteiger partial charge >= 0.3 is 5.97 Å². The summed E-state index contributed by atoms with van der Waals surface area (Å²) in [7, 11) is 0. The molecular formula is C14H16ClNO3. The number of fused-ring (bicyclic) bond motifs is 2. The van der Waals surface area contributed by atoms with Gasteiger partial charge in [-0.1, -0.05) is 11.6 Å². The smallest absolute Gasteiger partial charge is 0.309 e. The van der Waals surface area contributed by atoms with Gasteiger partial charge in [0.05, 0.1) is 24.2 Å². The number of carboxylic acid groups (broad SMARTS) is 1. The predicted molar refractivity (Wildman–Crippen MR) is 72.6 cm³/mol. The summed E-state index contributed by atoms with van der Waals surface area (Å²) >= 11 is 5.93. The Morgan fingerprint density at radius 1 is 1.47 bits per heavy atom. The fourth-order valence-corrected chi connectivity index (χ4v) is 3.33. The van der Waals surface area contributed by atoms with Gasteiger partial charge in [0.2, 0.25) is 0 Å². The molecule has 0 aliphatic carbocycles. The molecule has 0 spiro atoms. The molecule has 0 saturated carbocycles. The number of aliphatic carboxylic acids is 1. The molecule has 2 aliphatic rings. The molecule has 0 aromatic heterocycles. The number of rotatable bonds is 3. The lowest BCUT2D eigenvalue weighted by atomic mass is 9.85. The summed E-state index contributed by atoms with van der Waals surface area (Å²) in [5, 5.41) is 13.3. The van der Waals surface area contributed by atoms with E-state index in [1.807, 2.05) is 25.1 Å². The van der Waals surface area contributed by atoms with Gasteiger partial charge in [-0.25, -0.2) is 0 Å². The molecule has 3 rings (SSSR count). The third-order valence-electron chi connectivity index (χ3n) is 4.02. The first-order chi connectivity index (χ1) is 9.04. The Morgan fingerprint density at radius 2 is 2.26 bits per heavy atom. The van der Waals surface area contributed by atoms with E-state index in [9.17, 15) is 9.90 Å². The Bertz CT molecular complexity index is 519. The highest BCUT2D eigenvalue weighted by Crippen LogP contribution is 2.40. The third kappa shape index (κ3) is 2.30. The van der Waals surface area contributed by atoms with Crippen LogP contribution in [0.2, 0.25) is 5.02 Å². The largest absolute Gasteiger partial charge is 0.481 e. The SMILES string of the molecule is Cc1cc(Cl)ccc1NC1C[C@@H]2C[C@H](C(=O)O)[C@H]1O2.